The number of rotatable bonds is 7. The van der Waals surface area contributed by atoms with E-state index in [4.69, 9.17) is 9.05 Å². The molecular formula is C12H19O5PSSe. The van der Waals surface area contributed by atoms with Gasteiger partial charge in [-0.05, 0) is 0 Å². The van der Waals surface area contributed by atoms with Gasteiger partial charge in [-0.25, -0.2) is 0 Å². The molecule has 5 nitrogen and oxygen atoms in total. The van der Waals surface area contributed by atoms with Crippen LogP contribution >= 0.6 is 6.29 Å². The van der Waals surface area contributed by atoms with Crippen LogP contribution in [0.2, 0.25) is 0 Å². The summed E-state index contributed by atoms with van der Waals surface area (Å²) in [5.41, 5.74) is 0. The summed E-state index contributed by atoms with van der Waals surface area (Å²) in [5, 5.41) is 0. The molecule has 0 heterocycles. The molecule has 0 aliphatic rings. The molecule has 0 saturated heterocycles. The van der Waals surface area contributed by atoms with Crippen molar-refractivity contribution in [1.82, 2.24) is 0 Å². The third-order valence-corrected chi connectivity index (χ3v) is 15.1. The first-order valence-corrected chi connectivity index (χ1v) is 13.4. The van der Waals surface area contributed by atoms with Crippen molar-refractivity contribution in [3.05, 3.63) is 30.3 Å². The van der Waals surface area contributed by atoms with Crippen LogP contribution in [-0.4, -0.2) is 34.0 Å². The van der Waals surface area contributed by atoms with Crippen LogP contribution in [0, 0.1) is 0 Å². The van der Waals surface area contributed by atoms with Crippen molar-refractivity contribution in [2.75, 3.05) is 0 Å². The summed E-state index contributed by atoms with van der Waals surface area (Å²) < 4.78 is 47.8. The van der Waals surface area contributed by atoms with E-state index in [-0.39, 0.29) is 17.1 Å². The molecule has 114 valence electrons. The van der Waals surface area contributed by atoms with Gasteiger partial charge >= 0.3 is 125 Å². The molecule has 0 amide bonds. The first kappa shape index (κ1) is 17.9. The van der Waals surface area contributed by atoms with Crippen molar-refractivity contribution < 1.29 is 22.0 Å². The summed E-state index contributed by atoms with van der Waals surface area (Å²) in [6, 6.07) is 7.93. The van der Waals surface area contributed by atoms with Gasteiger partial charge in [-0.2, -0.15) is 0 Å². The van der Waals surface area contributed by atoms with E-state index < -0.39 is 27.9 Å². The van der Waals surface area contributed by atoms with Gasteiger partial charge in [0.2, 0.25) is 0 Å². The molecule has 1 aromatic carbocycles. The molecule has 20 heavy (non-hydrogen) atoms. The normalized spacial score (nSPS) is 13.1. The average Bonchev–Trinajstić information content (AvgIpc) is 2.26. The van der Waals surface area contributed by atoms with Crippen LogP contribution in [0.15, 0.2) is 35.2 Å². The fourth-order valence-electron chi connectivity index (χ4n) is 1.33. The summed E-state index contributed by atoms with van der Waals surface area (Å²) in [4.78, 5) is 0.139. The van der Waals surface area contributed by atoms with Gasteiger partial charge in [-0.1, -0.05) is 0 Å². The Labute approximate surface area is 125 Å². The monoisotopic (exact) mass is 386 g/mol. The Balaban J connectivity index is 3.04. The Morgan fingerprint density at radius 3 is 1.85 bits per heavy atom. The summed E-state index contributed by atoms with van der Waals surface area (Å²) in [5.74, 6) is 0. The second-order valence-corrected chi connectivity index (χ2v) is 16.3. The topological polar surface area (TPSA) is 69.7 Å². The van der Waals surface area contributed by atoms with Crippen LogP contribution in [0.3, 0.4) is 0 Å². The molecule has 0 N–H and O–H groups in total. The van der Waals surface area contributed by atoms with Crippen molar-refractivity contribution in [3.8, 4) is 0 Å². The van der Waals surface area contributed by atoms with Gasteiger partial charge in [0.05, 0.1) is 0 Å². The van der Waals surface area contributed by atoms with E-state index in [0.717, 1.165) is 0 Å². The number of hydrogen-bond acceptors (Lipinski definition) is 5. The molecule has 0 saturated carbocycles. The zero-order valence-electron chi connectivity index (χ0n) is 11.8. The Kier molecular flexibility index (Phi) is 6.45. The van der Waals surface area contributed by atoms with E-state index in [9.17, 15) is 13.0 Å². The minimum absolute atomic E-state index is 0.139. The van der Waals surface area contributed by atoms with Crippen LogP contribution < -0.4 is 0 Å². The summed E-state index contributed by atoms with van der Waals surface area (Å²) in [6.07, 6.45) is -4.38. The molecule has 0 aliphatic heterocycles. The Hall–Kier alpha value is -0.161. The molecule has 0 bridgehead atoms. The van der Waals surface area contributed by atoms with Crippen LogP contribution in [0.4, 0.5) is 0 Å². The molecule has 0 aromatic heterocycles. The van der Waals surface area contributed by atoms with E-state index in [1.807, 2.05) is 0 Å². The first-order chi connectivity index (χ1) is 9.15. The standard InChI is InChI=1S/C12H19O5PSSe/c1-10(2)16-18(13,17-11(3)4)20-19(14,15)12-8-6-5-7-9-12/h5-11H,1-4H3. The fourth-order valence-corrected chi connectivity index (χ4v) is 14.8. The second-order valence-electron chi connectivity index (χ2n) is 4.60. The van der Waals surface area contributed by atoms with Crippen LogP contribution in [0.1, 0.15) is 27.7 Å². The average molecular weight is 385 g/mol. The Bertz CT molecular complexity index is 557. The van der Waals surface area contributed by atoms with Gasteiger partial charge in [0.25, 0.3) is 0 Å². The molecule has 0 fully saturated rings. The van der Waals surface area contributed by atoms with Crippen molar-refractivity contribution in [2.24, 2.45) is 0 Å². The van der Waals surface area contributed by atoms with E-state index in [1.165, 1.54) is 12.1 Å². The Morgan fingerprint density at radius 1 is 1.00 bits per heavy atom. The molecule has 0 unspecified atom stereocenters. The third kappa shape index (κ3) is 5.68. The number of benzene rings is 1. The predicted octanol–water partition coefficient (Wildman–Crippen LogP) is 3.04. The van der Waals surface area contributed by atoms with E-state index in [2.05, 4.69) is 0 Å². The fraction of sp³-hybridized carbons (Fsp3) is 0.500. The second kappa shape index (κ2) is 7.21. The van der Waals surface area contributed by atoms with E-state index in [1.54, 1.807) is 45.9 Å². The van der Waals surface area contributed by atoms with Crippen LogP contribution in [-0.2, 0) is 21.9 Å². The van der Waals surface area contributed by atoms with Crippen molar-refractivity contribution >= 4 is 27.9 Å². The van der Waals surface area contributed by atoms with Gasteiger partial charge in [0, 0.05) is 0 Å². The van der Waals surface area contributed by atoms with Gasteiger partial charge in [0.15, 0.2) is 0 Å². The predicted molar refractivity (Wildman–Crippen MR) is 79.4 cm³/mol. The molecule has 1 rings (SSSR count). The zero-order valence-corrected chi connectivity index (χ0v) is 15.3. The van der Waals surface area contributed by atoms with Crippen molar-refractivity contribution in [3.63, 3.8) is 0 Å². The molecule has 0 spiro atoms. The SMILES string of the molecule is CC(C)OP(=O)(OC(C)C)[Se]S(=O)(=O)c1ccccc1. The van der Waals surface area contributed by atoms with E-state index >= 15 is 0 Å². The van der Waals surface area contributed by atoms with Crippen LogP contribution in [0.5, 0.6) is 0 Å². The van der Waals surface area contributed by atoms with Gasteiger partial charge < -0.3 is 0 Å². The molecule has 1 aromatic rings. The quantitative estimate of drug-likeness (QED) is 0.533. The van der Waals surface area contributed by atoms with Crippen molar-refractivity contribution in [2.45, 2.75) is 44.8 Å². The summed E-state index contributed by atoms with van der Waals surface area (Å²) in [6.45, 7) is 6.78. The summed E-state index contributed by atoms with van der Waals surface area (Å²) >= 11 is -1.32. The third-order valence-electron chi connectivity index (χ3n) is 1.90. The molecule has 0 atom stereocenters. The first-order valence-electron chi connectivity index (χ1n) is 6.13. The van der Waals surface area contributed by atoms with E-state index in [0.29, 0.717) is 0 Å². The molecule has 8 heteroatoms. The minimum atomic E-state index is -3.66. The van der Waals surface area contributed by atoms with Gasteiger partial charge in [-0.15, -0.1) is 0 Å². The van der Waals surface area contributed by atoms with Gasteiger partial charge in [0.1, 0.15) is 0 Å². The maximum absolute atomic E-state index is 12.6. The maximum atomic E-state index is 12.6. The van der Waals surface area contributed by atoms with Gasteiger partial charge in [-0.3, -0.25) is 0 Å². The summed E-state index contributed by atoms with van der Waals surface area (Å²) in [7, 11) is -3.66. The molecule has 0 radical (unpaired) electrons. The van der Waals surface area contributed by atoms with Crippen molar-refractivity contribution in [1.29, 1.82) is 0 Å². The zero-order chi connectivity index (χ0) is 15.4. The van der Waals surface area contributed by atoms with Crippen LogP contribution in [0.25, 0.3) is 0 Å². The Morgan fingerprint density at radius 2 is 1.45 bits per heavy atom. The molecule has 0 aliphatic carbocycles. The molecular weight excluding hydrogens is 366 g/mol. The number of hydrogen-bond donors (Lipinski definition) is 0.